The van der Waals surface area contributed by atoms with Crippen molar-refractivity contribution in [1.29, 1.82) is 0 Å². The van der Waals surface area contributed by atoms with Gasteiger partial charge in [-0.25, -0.2) is 4.39 Å². The molecule has 0 N–H and O–H groups in total. The van der Waals surface area contributed by atoms with Crippen molar-refractivity contribution in [3.8, 4) is 0 Å². The van der Waals surface area contributed by atoms with Crippen molar-refractivity contribution in [3.05, 3.63) is 70.0 Å². The summed E-state index contributed by atoms with van der Waals surface area (Å²) in [7, 11) is 0. The maximum absolute atomic E-state index is 12.7. The summed E-state index contributed by atoms with van der Waals surface area (Å²) in [6.45, 7) is 0. The number of hydrogen-bond acceptors (Lipinski definition) is 3. The van der Waals surface area contributed by atoms with Crippen molar-refractivity contribution in [2.75, 3.05) is 0 Å². The molecular weight excluding hydrogens is 253 g/mol. The highest BCUT2D eigenvalue weighted by Gasteiger charge is 2.05. The standard InChI is InChI=1S/C13H10FNO2S/c14-11-4-6-13(7-5-11)18-9-10-2-1-3-12(8-10)15(16)17/h1-8H,9H2. The molecule has 0 radical (unpaired) electrons. The Bertz CT molecular complexity index is 557. The summed E-state index contributed by atoms with van der Waals surface area (Å²) in [5.41, 5.74) is 0.964. The van der Waals surface area contributed by atoms with E-state index in [0.29, 0.717) is 5.75 Å². The van der Waals surface area contributed by atoms with Crippen LogP contribution in [0.3, 0.4) is 0 Å². The highest BCUT2D eigenvalue weighted by atomic mass is 32.2. The first-order chi connectivity index (χ1) is 8.65. The fourth-order valence-electron chi connectivity index (χ4n) is 1.46. The quantitative estimate of drug-likeness (QED) is 0.475. The molecule has 0 aliphatic carbocycles. The van der Waals surface area contributed by atoms with Gasteiger partial charge in [0.2, 0.25) is 0 Å². The molecule has 2 rings (SSSR count). The van der Waals surface area contributed by atoms with E-state index in [4.69, 9.17) is 0 Å². The molecule has 5 heteroatoms. The van der Waals surface area contributed by atoms with Crippen LogP contribution in [-0.4, -0.2) is 4.92 Å². The molecule has 2 aromatic carbocycles. The van der Waals surface area contributed by atoms with Gasteiger partial charge in [-0.3, -0.25) is 10.1 Å². The van der Waals surface area contributed by atoms with Gasteiger partial charge in [0, 0.05) is 22.8 Å². The van der Waals surface area contributed by atoms with Crippen LogP contribution in [0.15, 0.2) is 53.4 Å². The second-order valence-corrected chi connectivity index (χ2v) is 4.72. The van der Waals surface area contributed by atoms with Crippen LogP contribution in [0.5, 0.6) is 0 Å². The second-order valence-electron chi connectivity index (χ2n) is 3.67. The smallest absolute Gasteiger partial charge is 0.258 e. The molecule has 3 nitrogen and oxygen atoms in total. The Balaban J connectivity index is 2.04. The Morgan fingerprint density at radius 3 is 2.56 bits per heavy atom. The Labute approximate surface area is 108 Å². The van der Waals surface area contributed by atoms with Gasteiger partial charge in [0.15, 0.2) is 0 Å². The number of nitrogens with zero attached hydrogens (tertiary/aromatic N) is 1. The van der Waals surface area contributed by atoms with Crippen LogP contribution in [-0.2, 0) is 5.75 Å². The van der Waals surface area contributed by atoms with E-state index in [-0.39, 0.29) is 11.5 Å². The summed E-state index contributed by atoms with van der Waals surface area (Å²) < 4.78 is 12.7. The molecule has 0 aliphatic rings. The highest BCUT2D eigenvalue weighted by molar-refractivity contribution is 7.98. The number of nitro benzene ring substituents is 1. The van der Waals surface area contributed by atoms with E-state index in [1.54, 1.807) is 24.3 Å². The molecule has 0 fully saturated rings. The molecule has 0 bridgehead atoms. The summed E-state index contributed by atoms with van der Waals surface area (Å²) in [5.74, 6) is 0.350. The summed E-state index contributed by atoms with van der Waals surface area (Å²) in [5, 5.41) is 10.6. The van der Waals surface area contributed by atoms with Crippen LogP contribution in [0.4, 0.5) is 10.1 Å². The zero-order valence-electron chi connectivity index (χ0n) is 9.38. The summed E-state index contributed by atoms with van der Waals surface area (Å²) >= 11 is 1.51. The predicted octanol–water partition coefficient (Wildman–Crippen LogP) is 4.03. The van der Waals surface area contributed by atoms with Crippen LogP contribution >= 0.6 is 11.8 Å². The molecule has 0 heterocycles. The van der Waals surface area contributed by atoms with Gasteiger partial charge in [-0.15, -0.1) is 11.8 Å². The molecule has 18 heavy (non-hydrogen) atoms. The van der Waals surface area contributed by atoms with Crippen molar-refractivity contribution in [1.82, 2.24) is 0 Å². The zero-order valence-corrected chi connectivity index (χ0v) is 10.2. The van der Waals surface area contributed by atoms with E-state index in [1.165, 1.54) is 30.0 Å². The van der Waals surface area contributed by atoms with E-state index in [0.717, 1.165) is 10.5 Å². The van der Waals surface area contributed by atoms with Crippen molar-refractivity contribution in [2.45, 2.75) is 10.6 Å². The summed E-state index contributed by atoms with van der Waals surface area (Å²) in [6, 6.07) is 12.7. The monoisotopic (exact) mass is 263 g/mol. The van der Waals surface area contributed by atoms with E-state index in [2.05, 4.69) is 0 Å². The van der Waals surface area contributed by atoms with Gasteiger partial charge in [0.25, 0.3) is 5.69 Å². The van der Waals surface area contributed by atoms with Crippen LogP contribution in [0.1, 0.15) is 5.56 Å². The summed E-state index contributed by atoms with van der Waals surface area (Å²) in [4.78, 5) is 11.1. The Kier molecular flexibility index (Phi) is 3.94. The second kappa shape index (κ2) is 5.64. The first kappa shape index (κ1) is 12.6. The topological polar surface area (TPSA) is 43.1 Å². The lowest BCUT2D eigenvalue weighted by Crippen LogP contribution is -1.89. The van der Waals surface area contributed by atoms with E-state index in [9.17, 15) is 14.5 Å². The van der Waals surface area contributed by atoms with Crippen LogP contribution in [0, 0.1) is 15.9 Å². The minimum Gasteiger partial charge on any atom is -0.258 e. The first-order valence-electron chi connectivity index (χ1n) is 5.27. The van der Waals surface area contributed by atoms with Gasteiger partial charge >= 0.3 is 0 Å². The lowest BCUT2D eigenvalue weighted by Gasteiger charge is -2.02. The number of non-ortho nitro benzene ring substituents is 1. The average Bonchev–Trinajstić information content (AvgIpc) is 2.38. The lowest BCUT2D eigenvalue weighted by atomic mass is 10.2. The van der Waals surface area contributed by atoms with E-state index >= 15 is 0 Å². The number of benzene rings is 2. The first-order valence-corrected chi connectivity index (χ1v) is 6.25. The highest BCUT2D eigenvalue weighted by Crippen LogP contribution is 2.24. The molecule has 0 aromatic heterocycles. The van der Waals surface area contributed by atoms with Gasteiger partial charge in [-0.2, -0.15) is 0 Å². The number of halogens is 1. The van der Waals surface area contributed by atoms with Crippen LogP contribution in [0.2, 0.25) is 0 Å². The van der Waals surface area contributed by atoms with Crippen molar-refractivity contribution >= 4 is 17.4 Å². The van der Waals surface area contributed by atoms with Gasteiger partial charge in [-0.1, -0.05) is 12.1 Å². The number of thioether (sulfide) groups is 1. The third kappa shape index (κ3) is 3.30. The van der Waals surface area contributed by atoms with E-state index < -0.39 is 4.92 Å². The van der Waals surface area contributed by atoms with Crippen LogP contribution in [0.25, 0.3) is 0 Å². The Hall–Kier alpha value is -1.88. The molecule has 0 atom stereocenters. The molecule has 0 unspecified atom stereocenters. The van der Waals surface area contributed by atoms with Gasteiger partial charge < -0.3 is 0 Å². The van der Waals surface area contributed by atoms with Gasteiger partial charge in [0.05, 0.1) is 4.92 Å². The largest absolute Gasteiger partial charge is 0.269 e. The fourth-order valence-corrected chi connectivity index (χ4v) is 2.30. The van der Waals surface area contributed by atoms with Crippen LogP contribution < -0.4 is 0 Å². The molecule has 2 aromatic rings. The molecule has 0 saturated heterocycles. The molecule has 92 valence electrons. The normalized spacial score (nSPS) is 10.3. The lowest BCUT2D eigenvalue weighted by molar-refractivity contribution is -0.384. The Morgan fingerprint density at radius 2 is 1.89 bits per heavy atom. The average molecular weight is 263 g/mol. The molecule has 0 saturated carbocycles. The number of nitro groups is 1. The van der Waals surface area contributed by atoms with Crippen molar-refractivity contribution in [3.63, 3.8) is 0 Å². The number of rotatable bonds is 4. The molecule has 0 amide bonds. The van der Waals surface area contributed by atoms with Gasteiger partial charge in [0.1, 0.15) is 5.82 Å². The maximum atomic E-state index is 12.7. The van der Waals surface area contributed by atoms with Gasteiger partial charge in [-0.05, 0) is 29.8 Å². The minimum absolute atomic E-state index is 0.0900. The third-order valence-electron chi connectivity index (χ3n) is 2.34. The van der Waals surface area contributed by atoms with Crippen molar-refractivity contribution < 1.29 is 9.31 Å². The third-order valence-corrected chi connectivity index (χ3v) is 3.42. The molecular formula is C13H10FNO2S. The van der Waals surface area contributed by atoms with E-state index in [1.807, 2.05) is 6.07 Å². The molecule has 0 aliphatic heterocycles. The minimum atomic E-state index is -0.411. The molecule has 0 spiro atoms. The fraction of sp³-hybridized carbons (Fsp3) is 0.0769. The maximum Gasteiger partial charge on any atom is 0.269 e. The number of hydrogen-bond donors (Lipinski definition) is 0. The Morgan fingerprint density at radius 1 is 1.17 bits per heavy atom. The SMILES string of the molecule is O=[N+]([O-])c1cccc(CSc2ccc(F)cc2)c1. The van der Waals surface area contributed by atoms with Crippen molar-refractivity contribution in [2.24, 2.45) is 0 Å². The predicted molar refractivity (Wildman–Crippen MR) is 69.1 cm³/mol. The summed E-state index contributed by atoms with van der Waals surface area (Å²) in [6.07, 6.45) is 0. The zero-order chi connectivity index (χ0) is 13.0.